The first-order chi connectivity index (χ1) is 9.99. The van der Waals surface area contributed by atoms with Crippen LogP contribution in [0.3, 0.4) is 0 Å². The standard InChI is InChI=1S/C12H13N3O2.C3H9N/c16-9-7-8(13-1-2-13)12(17)11(15-5-6-15)10(9)14-3-4-14;1-4(2)3/h7H,1-6H2;1-3H3. The molecule has 4 rings (SSSR count). The van der Waals surface area contributed by atoms with Gasteiger partial charge in [0.15, 0.2) is 0 Å². The molecule has 3 aliphatic heterocycles. The van der Waals surface area contributed by atoms with E-state index in [1.807, 2.05) is 40.7 Å². The fourth-order valence-electron chi connectivity index (χ4n) is 2.28. The minimum atomic E-state index is 0.00546. The average Bonchev–Trinajstić information content (AvgIpc) is 3.26. The first-order valence-corrected chi connectivity index (χ1v) is 7.40. The van der Waals surface area contributed by atoms with Crippen molar-refractivity contribution in [2.75, 3.05) is 60.4 Å². The van der Waals surface area contributed by atoms with E-state index in [1.165, 1.54) is 6.08 Å². The topological polar surface area (TPSA) is 46.4 Å². The molecule has 6 heteroatoms. The van der Waals surface area contributed by atoms with Crippen LogP contribution in [-0.2, 0) is 9.59 Å². The number of ketones is 2. The van der Waals surface area contributed by atoms with E-state index >= 15 is 0 Å². The molecule has 4 aliphatic rings. The van der Waals surface area contributed by atoms with Crippen molar-refractivity contribution >= 4 is 11.6 Å². The maximum absolute atomic E-state index is 12.4. The van der Waals surface area contributed by atoms with E-state index in [4.69, 9.17) is 0 Å². The molecule has 0 N–H and O–H groups in total. The van der Waals surface area contributed by atoms with E-state index in [0.29, 0.717) is 17.1 Å². The van der Waals surface area contributed by atoms with Gasteiger partial charge in [0.25, 0.3) is 0 Å². The summed E-state index contributed by atoms with van der Waals surface area (Å²) in [6.45, 7) is 5.41. The number of carbonyl (C=O) groups is 2. The molecule has 0 atom stereocenters. The van der Waals surface area contributed by atoms with Gasteiger partial charge in [0.1, 0.15) is 11.4 Å². The normalized spacial score (nSPS) is 23.2. The summed E-state index contributed by atoms with van der Waals surface area (Å²) in [6, 6.07) is 0. The summed E-state index contributed by atoms with van der Waals surface area (Å²) in [5, 5.41) is 0. The Morgan fingerprint density at radius 3 is 1.67 bits per heavy atom. The van der Waals surface area contributed by atoms with Crippen LogP contribution in [-0.4, -0.2) is 91.6 Å². The Morgan fingerprint density at radius 1 is 0.810 bits per heavy atom. The Kier molecular flexibility index (Phi) is 3.49. The van der Waals surface area contributed by atoms with E-state index < -0.39 is 0 Å². The fourth-order valence-corrected chi connectivity index (χ4v) is 2.28. The first-order valence-electron chi connectivity index (χ1n) is 7.40. The number of nitrogens with zero attached hydrogens (tertiary/aromatic N) is 4. The second-order valence-electron chi connectivity index (χ2n) is 6.22. The molecule has 3 fully saturated rings. The van der Waals surface area contributed by atoms with Gasteiger partial charge in [-0.05, 0) is 21.1 Å². The molecule has 21 heavy (non-hydrogen) atoms. The highest BCUT2D eigenvalue weighted by Gasteiger charge is 2.43. The van der Waals surface area contributed by atoms with Crippen LogP contribution in [0.25, 0.3) is 0 Å². The molecule has 0 bridgehead atoms. The number of hydrogen-bond acceptors (Lipinski definition) is 6. The van der Waals surface area contributed by atoms with Crippen LogP contribution in [0.4, 0.5) is 0 Å². The van der Waals surface area contributed by atoms with Gasteiger partial charge in [0.05, 0.1) is 5.70 Å². The van der Waals surface area contributed by atoms with Gasteiger partial charge in [-0.25, -0.2) is 0 Å². The van der Waals surface area contributed by atoms with Gasteiger partial charge in [0, 0.05) is 45.3 Å². The van der Waals surface area contributed by atoms with Crippen molar-refractivity contribution in [3.8, 4) is 0 Å². The van der Waals surface area contributed by atoms with Crippen LogP contribution in [0.15, 0.2) is 23.2 Å². The van der Waals surface area contributed by atoms with Crippen LogP contribution in [0.5, 0.6) is 0 Å². The van der Waals surface area contributed by atoms with E-state index in [1.54, 1.807) is 0 Å². The third kappa shape index (κ3) is 3.10. The largest absolute Gasteiger partial charge is 0.365 e. The van der Waals surface area contributed by atoms with Crippen LogP contribution < -0.4 is 0 Å². The molecule has 0 aromatic carbocycles. The van der Waals surface area contributed by atoms with Crippen LogP contribution in [0.1, 0.15) is 0 Å². The molecule has 114 valence electrons. The molecule has 1 aliphatic carbocycles. The zero-order chi connectivity index (χ0) is 15.1. The van der Waals surface area contributed by atoms with Gasteiger partial charge < -0.3 is 19.6 Å². The quantitative estimate of drug-likeness (QED) is 0.509. The van der Waals surface area contributed by atoms with E-state index in [9.17, 15) is 9.59 Å². The zero-order valence-electron chi connectivity index (χ0n) is 12.9. The number of allylic oxidation sites excluding steroid dienone is 1. The molecule has 3 saturated heterocycles. The lowest BCUT2D eigenvalue weighted by Crippen LogP contribution is -2.29. The molecule has 0 aromatic rings. The molecular formula is C15H22N4O2. The molecule has 0 spiro atoms. The molecule has 0 radical (unpaired) electrons. The van der Waals surface area contributed by atoms with Gasteiger partial charge >= 0.3 is 0 Å². The van der Waals surface area contributed by atoms with E-state index in [2.05, 4.69) is 0 Å². The van der Waals surface area contributed by atoms with Crippen molar-refractivity contribution in [1.82, 2.24) is 19.6 Å². The van der Waals surface area contributed by atoms with E-state index in [0.717, 1.165) is 39.3 Å². The van der Waals surface area contributed by atoms with Crippen molar-refractivity contribution < 1.29 is 9.59 Å². The van der Waals surface area contributed by atoms with Gasteiger partial charge in [-0.15, -0.1) is 0 Å². The molecule has 0 amide bonds. The smallest absolute Gasteiger partial charge is 0.227 e. The molecule has 6 nitrogen and oxygen atoms in total. The number of carbonyl (C=O) groups excluding carboxylic acids is 2. The third-order valence-corrected chi connectivity index (χ3v) is 3.49. The molecule has 0 unspecified atom stereocenters. The molecule has 3 heterocycles. The maximum atomic E-state index is 12.4. The average molecular weight is 290 g/mol. The number of hydrogen-bond donors (Lipinski definition) is 0. The SMILES string of the molecule is CN(C)C.O=C1C=C(N2CC2)C(=O)C(N2CC2)=C1N1CC1. The molecule has 0 saturated carbocycles. The summed E-state index contributed by atoms with van der Waals surface area (Å²) in [7, 11) is 6.00. The second kappa shape index (κ2) is 5.18. The Morgan fingerprint density at radius 2 is 1.24 bits per heavy atom. The number of rotatable bonds is 3. The maximum Gasteiger partial charge on any atom is 0.227 e. The van der Waals surface area contributed by atoms with E-state index in [-0.39, 0.29) is 11.6 Å². The highest BCUT2D eigenvalue weighted by molar-refractivity contribution is 6.22. The highest BCUT2D eigenvalue weighted by Crippen LogP contribution is 2.33. The van der Waals surface area contributed by atoms with Gasteiger partial charge in [-0.1, -0.05) is 0 Å². The highest BCUT2D eigenvalue weighted by atomic mass is 16.1. The lowest BCUT2D eigenvalue weighted by molar-refractivity contribution is -0.117. The summed E-state index contributed by atoms with van der Waals surface area (Å²) in [6.07, 6.45) is 1.52. The summed E-state index contributed by atoms with van der Waals surface area (Å²) in [5.74, 6) is 0.0485. The predicted molar refractivity (Wildman–Crippen MR) is 79.5 cm³/mol. The summed E-state index contributed by atoms with van der Waals surface area (Å²) in [4.78, 5) is 32.5. The Labute approximate surface area is 125 Å². The monoisotopic (exact) mass is 290 g/mol. The Balaban J connectivity index is 0.000000298. The van der Waals surface area contributed by atoms with Gasteiger partial charge in [-0.2, -0.15) is 0 Å². The summed E-state index contributed by atoms with van der Waals surface area (Å²) >= 11 is 0. The number of Topliss-reactive ketones (excluding diaryl/α,β-unsaturated/α-hetero) is 1. The Bertz CT molecular complexity index is 535. The van der Waals surface area contributed by atoms with Crippen LogP contribution >= 0.6 is 0 Å². The summed E-state index contributed by atoms with van der Waals surface area (Å²) < 4.78 is 0. The van der Waals surface area contributed by atoms with Gasteiger partial charge in [0.2, 0.25) is 11.6 Å². The second-order valence-corrected chi connectivity index (χ2v) is 6.22. The minimum absolute atomic E-state index is 0.00546. The Hall–Kier alpha value is -1.82. The van der Waals surface area contributed by atoms with Crippen molar-refractivity contribution in [3.63, 3.8) is 0 Å². The van der Waals surface area contributed by atoms with Crippen LogP contribution in [0, 0.1) is 0 Å². The zero-order valence-corrected chi connectivity index (χ0v) is 12.9. The van der Waals surface area contributed by atoms with Crippen LogP contribution in [0.2, 0.25) is 0 Å². The summed E-state index contributed by atoms with van der Waals surface area (Å²) in [5.41, 5.74) is 1.89. The molecule has 0 aromatic heterocycles. The van der Waals surface area contributed by atoms with Crippen molar-refractivity contribution in [2.45, 2.75) is 0 Å². The fraction of sp³-hybridized carbons (Fsp3) is 0.600. The lowest BCUT2D eigenvalue weighted by Gasteiger charge is -2.21. The van der Waals surface area contributed by atoms with Crippen molar-refractivity contribution in [3.05, 3.63) is 23.2 Å². The van der Waals surface area contributed by atoms with Crippen molar-refractivity contribution in [2.24, 2.45) is 0 Å². The van der Waals surface area contributed by atoms with Crippen molar-refractivity contribution in [1.29, 1.82) is 0 Å². The minimum Gasteiger partial charge on any atom is -0.365 e. The lowest BCUT2D eigenvalue weighted by atomic mass is 10.0. The predicted octanol–water partition coefficient (Wildman–Crippen LogP) is -0.642. The third-order valence-electron chi connectivity index (χ3n) is 3.49. The van der Waals surface area contributed by atoms with Gasteiger partial charge in [-0.3, -0.25) is 9.59 Å². The first kappa shape index (κ1) is 14.1. The molecular weight excluding hydrogens is 268 g/mol.